The molecule has 1 N–H and O–H groups in total. The summed E-state index contributed by atoms with van der Waals surface area (Å²) in [5, 5.41) is 3.75. The van der Waals surface area contributed by atoms with Crippen LogP contribution in [0.2, 0.25) is 0 Å². The zero-order valence-corrected chi connectivity index (χ0v) is 13.9. The molecule has 2 bridgehead atoms. The van der Waals surface area contributed by atoms with Crippen LogP contribution in [0.25, 0.3) is 0 Å². The Morgan fingerprint density at radius 3 is 2.55 bits per heavy atom. The summed E-state index contributed by atoms with van der Waals surface area (Å²) in [6.45, 7) is 8.08. The van der Waals surface area contributed by atoms with E-state index in [1.165, 1.54) is 43.5 Å². The van der Waals surface area contributed by atoms with Crippen molar-refractivity contribution in [1.29, 1.82) is 0 Å². The number of thiophene rings is 1. The first-order chi connectivity index (χ1) is 9.69. The van der Waals surface area contributed by atoms with Crippen LogP contribution < -0.4 is 5.32 Å². The fraction of sp³-hybridized carbons (Fsp3) is 0.765. The molecule has 3 heterocycles. The summed E-state index contributed by atoms with van der Waals surface area (Å²) in [6, 6.07) is 7.60. The lowest BCUT2D eigenvalue weighted by Crippen LogP contribution is -2.49. The van der Waals surface area contributed by atoms with E-state index in [0.29, 0.717) is 6.04 Å². The predicted octanol–water partition coefficient (Wildman–Crippen LogP) is 4.11. The van der Waals surface area contributed by atoms with Crippen molar-refractivity contribution >= 4 is 11.3 Å². The fourth-order valence-electron chi connectivity index (χ4n) is 4.19. The second-order valence-electron chi connectivity index (χ2n) is 6.58. The molecule has 3 unspecified atom stereocenters. The van der Waals surface area contributed by atoms with E-state index in [2.05, 4.69) is 43.1 Å². The highest BCUT2D eigenvalue weighted by Gasteiger charge is 2.42. The van der Waals surface area contributed by atoms with E-state index in [4.69, 9.17) is 0 Å². The molecular weight excluding hydrogens is 264 g/mol. The number of fused-ring (bicyclic) bond motifs is 2. The number of piperidine rings is 1. The van der Waals surface area contributed by atoms with Gasteiger partial charge in [0.15, 0.2) is 0 Å². The molecule has 3 heteroatoms. The van der Waals surface area contributed by atoms with Crippen molar-refractivity contribution < 1.29 is 0 Å². The Hall–Kier alpha value is -0.380. The molecule has 112 valence electrons. The number of rotatable bonds is 5. The van der Waals surface area contributed by atoms with Gasteiger partial charge in [0.05, 0.1) is 0 Å². The minimum absolute atomic E-state index is 0.610. The van der Waals surface area contributed by atoms with Crippen LogP contribution in [0.15, 0.2) is 12.1 Å². The SMILES string of the molecule is CCCNC1CC2CCC(C1)N2C(C)c1ccc(C)s1. The average Bonchev–Trinajstić information content (AvgIpc) is 2.98. The van der Waals surface area contributed by atoms with Crippen LogP contribution >= 0.6 is 11.3 Å². The van der Waals surface area contributed by atoms with Crippen LogP contribution in [0, 0.1) is 6.92 Å². The molecule has 0 aromatic carbocycles. The Morgan fingerprint density at radius 2 is 2.00 bits per heavy atom. The van der Waals surface area contributed by atoms with Crippen molar-refractivity contribution in [2.45, 2.75) is 77.0 Å². The van der Waals surface area contributed by atoms with Gasteiger partial charge < -0.3 is 5.32 Å². The molecule has 3 rings (SSSR count). The molecule has 0 spiro atoms. The Morgan fingerprint density at radius 1 is 1.30 bits per heavy atom. The average molecular weight is 292 g/mol. The summed E-state index contributed by atoms with van der Waals surface area (Å²) in [5.74, 6) is 0. The van der Waals surface area contributed by atoms with Crippen molar-refractivity contribution in [3.05, 3.63) is 21.9 Å². The number of nitrogens with one attached hydrogen (secondary N) is 1. The molecule has 2 aliphatic rings. The van der Waals surface area contributed by atoms with Gasteiger partial charge in [0, 0.05) is 33.9 Å². The Balaban J connectivity index is 1.67. The minimum Gasteiger partial charge on any atom is -0.314 e. The zero-order valence-electron chi connectivity index (χ0n) is 13.1. The third-order valence-corrected chi connectivity index (χ3v) is 6.26. The molecule has 0 radical (unpaired) electrons. The summed E-state index contributed by atoms with van der Waals surface area (Å²) in [7, 11) is 0. The van der Waals surface area contributed by atoms with E-state index in [1.807, 2.05) is 11.3 Å². The Bertz CT molecular complexity index is 428. The second-order valence-corrected chi connectivity index (χ2v) is 7.90. The van der Waals surface area contributed by atoms with Gasteiger partial charge in [-0.05, 0) is 64.6 Å². The van der Waals surface area contributed by atoms with E-state index < -0.39 is 0 Å². The first-order valence-electron chi connectivity index (χ1n) is 8.26. The summed E-state index contributed by atoms with van der Waals surface area (Å²) in [4.78, 5) is 5.83. The van der Waals surface area contributed by atoms with Crippen LogP contribution in [-0.2, 0) is 0 Å². The molecule has 2 saturated heterocycles. The quantitative estimate of drug-likeness (QED) is 0.878. The van der Waals surface area contributed by atoms with E-state index in [-0.39, 0.29) is 0 Å². The highest BCUT2D eigenvalue weighted by molar-refractivity contribution is 7.12. The lowest BCUT2D eigenvalue weighted by Gasteiger charge is -2.42. The summed E-state index contributed by atoms with van der Waals surface area (Å²) >= 11 is 1.98. The number of hydrogen-bond donors (Lipinski definition) is 1. The standard InChI is InChI=1S/C17H28N2S/c1-4-9-18-14-10-15-6-7-16(11-14)19(15)13(3)17-8-5-12(2)20-17/h5,8,13-16,18H,4,6-7,9-11H2,1-3H3. The third-order valence-electron chi connectivity index (χ3n) is 5.09. The monoisotopic (exact) mass is 292 g/mol. The largest absolute Gasteiger partial charge is 0.314 e. The van der Waals surface area contributed by atoms with Gasteiger partial charge in [-0.3, -0.25) is 4.90 Å². The number of aryl methyl sites for hydroxylation is 1. The van der Waals surface area contributed by atoms with E-state index >= 15 is 0 Å². The first kappa shape index (κ1) is 14.6. The lowest BCUT2D eigenvalue weighted by atomic mass is 9.95. The van der Waals surface area contributed by atoms with Gasteiger partial charge >= 0.3 is 0 Å². The van der Waals surface area contributed by atoms with Crippen molar-refractivity contribution in [3.8, 4) is 0 Å². The highest BCUT2D eigenvalue weighted by Crippen LogP contribution is 2.42. The van der Waals surface area contributed by atoms with Crippen LogP contribution in [0.4, 0.5) is 0 Å². The van der Waals surface area contributed by atoms with Gasteiger partial charge in [-0.2, -0.15) is 0 Å². The maximum Gasteiger partial charge on any atom is 0.0419 e. The molecule has 1 aromatic rings. The van der Waals surface area contributed by atoms with Gasteiger partial charge in [-0.15, -0.1) is 11.3 Å². The lowest BCUT2D eigenvalue weighted by molar-refractivity contribution is 0.0786. The summed E-state index contributed by atoms with van der Waals surface area (Å²) in [5.41, 5.74) is 0. The van der Waals surface area contributed by atoms with Gasteiger partial charge in [-0.1, -0.05) is 6.92 Å². The van der Waals surface area contributed by atoms with Crippen molar-refractivity contribution in [3.63, 3.8) is 0 Å². The summed E-state index contributed by atoms with van der Waals surface area (Å²) in [6.07, 6.45) is 6.77. The third kappa shape index (κ3) is 2.81. The number of nitrogens with zero attached hydrogens (tertiary/aromatic N) is 1. The number of hydrogen-bond acceptors (Lipinski definition) is 3. The minimum atomic E-state index is 0.610. The smallest absolute Gasteiger partial charge is 0.0419 e. The molecule has 0 saturated carbocycles. The van der Waals surface area contributed by atoms with Crippen molar-refractivity contribution in [1.82, 2.24) is 10.2 Å². The highest BCUT2D eigenvalue weighted by atomic mass is 32.1. The van der Waals surface area contributed by atoms with Gasteiger partial charge in [0.2, 0.25) is 0 Å². The second kappa shape index (κ2) is 6.17. The van der Waals surface area contributed by atoms with Crippen LogP contribution in [0.5, 0.6) is 0 Å². The van der Waals surface area contributed by atoms with Crippen molar-refractivity contribution in [2.75, 3.05) is 6.54 Å². The van der Waals surface area contributed by atoms with Crippen molar-refractivity contribution in [2.24, 2.45) is 0 Å². The molecule has 1 aromatic heterocycles. The normalized spacial score (nSPS) is 31.6. The molecule has 2 fully saturated rings. The maximum atomic E-state index is 3.75. The summed E-state index contributed by atoms with van der Waals surface area (Å²) < 4.78 is 0. The van der Waals surface area contributed by atoms with E-state index in [9.17, 15) is 0 Å². The molecule has 2 nitrogen and oxygen atoms in total. The molecule has 0 amide bonds. The molecule has 0 aliphatic carbocycles. The van der Waals surface area contributed by atoms with Crippen LogP contribution in [-0.4, -0.2) is 29.6 Å². The molecule has 2 aliphatic heterocycles. The molecule has 20 heavy (non-hydrogen) atoms. The fourth-order valence-corrected chi connectivity index (χ4v) is 5.12. The molecule has 3 atom stereocenters. The van der Waals surface area contributed by atoms with Gasteiger partial charge in [0.1, 0.15) is 0 Å². The van der Waals surface area contributed by atoms with E-state index in [1.54, 1.807) is 4.88 Å². The van der Waals surface area contributed by atoms with Gasteiger partial charge in [0.25, 0.3) is 0 Å². The maximum absolute atomic E-state index is 3.75. The van der Waals surface area contributed by atoms with Gasteiger partial charge in [-0.25, -0.2) is 0 Å². The van der Waals surface area contributed by atoms with E-state index in [0.717, 1.165) is 18.1 Å². The van der Waals surface area contributed by atoms with Crippen LogP contribution in [0.3, 0.4) is 0 Å². The van der Waals surface area contributed by atoms with Crippen LogP contribution in [0.1, 0.15) is 61.7 Å². The first-order valence-corrected chi connectivity index (χ1v) is 9.07. The Labute approximate surface area is 127 Å². The topological polar surface area (TPSA) is 15.3 Å². The Kier molecular flexibility index (Phi) is 4.49. The molecular formula is C17H28N2S. The predicted molar refractivity (Wildman–Crippen MR) is 87.4 cm³/mol. The zero-order chi connectivity index (χ0) is 14.1.